The van der Waals surface area contributed by atoms with Gasteiger partial charge in [0.1, 0.15) is 1.37 Å². The number of imide groups is 2. The molecule has 0 unspecified atom stereocenters. The van der Waals surface area contributed by atoms with Gasteiger partial charge in [0.05, 0.1) is 139 Å². The Kier molecular flexibility index (Phi) is 34.0. The Morgan fingerprint density at radius 1 is 0.403 bits per heavy atom. The summed E-state index contributed by atoms with van der Waals surface area (Å²) < 4.78 is 122. The number of benzene rings is 11. The second-order valence-corrected chi connectivity index (χ2v) is 37.3. The number of terminal acetylenes is 1. The molecule has 17 rings (SSSR count). The average Bonchev–Trinajstić information content (AvgIpc) is 1.71. The number of nitrogens with zero attached hydrogens (tertiary/aromatic N) is 5. The number of rotatable bonds is 13. The third-order valence-corrected chi connectivity index (χ3v) is 28.1. The molecule has 0 aliphatic carbocycles. The molecule has 6 aliphatic rings. The van der Waals surface area contributed by atoms with Crippen LogP contribution in [-0.2, 0) is 92.5 Å². The minimum atomic E-state index is -4.15. The molecule has 2 saturated heterocycles. The molecule has 2 fully saturated rings. The van der Waals surface area contributed by atoms with E-state index in [0.717, 1.165) is 0 Å². The summed E-state index contributed by atoms with van der Waals surface area (Å²) in [5.74, 6) is -7.92. The molecule has 0 aromatic heterocycles. The summed E-state index contributed by atoms with van der Waals surface area (Å²) in [6, 6.07) is 59.8. The number of carboxylic acid groups (broad SMARTS) is 1. The normalized spacial score (nSPS) is 14.9. The average molecular weight is 1950 g/mol. The van der Waals surface area contributed by atoms with Crippen LogP contribution in [0.5, 0.6) is 0 Å². The smallest absolute Gasteiger partial charge is 0.870 e. The van der Waals surface area contributed by atoms with E-state index in [0.29, 0.717) is 36.8 Å². The summed E-state index contributed by atoms with van der Waals surface area (Å²) in [6.07, 6.45) is 5.91. The number of ether oxygens (including phenoxy) is 2. The Morgan fingerprint density at radius 3 is 1.02 bits per heavy atom. The summed E-state index contributed by atoms with van der Waals surface area (Å²) in [5, 5.41) is 29.8. The minimum absolute atomic E-state index is 0. The van der Waals surface area contributed by atoms with Crippen LogP contribution >= 0.6 is 34.8 Å². The number of hydroxylamine groups is 4. The molecule has 0 spiro atoms. The predicted octanol–water partition coefficient (Wildman–Crippen LogP) is 11.0. The van der Waals surface area contributed by atoms with E-state index in [4.69, 9.17) is 60.8 Å². The summed E-state index contributed by atoms with van der Waals surface area (Å²) in [7, 11) is -16.0. The first-order valence-electron chi connectivity index (χ1n) is 39.9. The third kappa shape index (κ3) is 22.6. The fourth-order valence-corrected chi connectivity index (χ4v) is 21.0. The van der Waals surface area contributed by atoms with Gasteiger partial charge in [-0.2, -0.15) is 5.06 Å². The number of nitrogens with one attached hydrogen (secondary N) is 1. The molecule has 11 aromatic carbocycles. The first-order valence-corrected chi connectivity index (χ1v) is 46.5. The zero-order chi connectivity index (χ0) is 96.7. The van der Waals surface area contributed by atoms with Crippen molar-refractivity contribution < 1.29 is 147 Å². The van der Waals surface area contributed by atoms with Crippen LogP contribution in [0, 0.1) is 12.8 Å². The Balaban J connectivity index is 0.000000193. The van der Waals surface area contributed by atoms with Crippen LogP contribution in [-0.4, -0.2) is 156 Å². The summed E-state index contributed by atoms with van der Waals surface area (Å²) in [6.45, 7) is 5.71. The van der Waals surface area contributed by atoms with Gasteiger partial charge in [0.2, 0.25) is 39.3 Å². The molecule has 41 heteroatoms. The first kappa shape index (κ1) is 102. The van der Waals surface area contributed by atoms with Gasteiger partial charge in [-0.1, -0.05) is 120 Å². The summed E-state index contributed by atoms with van der Waals surface area (Å²) in [5.41, 5.74) is 2.38. The largest absolute Gasteiger partial charge is 1.00 e. The monoisotopic (exact) mass is 1950 g/mol. The second-order valence-electron chi connectivity index (χ2n) is 28.4. The van der Waals surface area contributed by atoms with Crippen molar-refractivity contribution in [3.63, 3.8) is 0 Å². The molecule has 0 bridgehead atoms. The molecule has 0 atom stereocenters. The predicted molar refractivity (Wildman–Crippen MR) is 480 cm³/mol. The van der Waals surface area contributed by atoms with Crippen molar-refractivity contribution in [2.75, 3.05) is 39.8 Å². The maximum Gasteiger partial charge on any atom is 1.00 e. The van der Waals surface area contributed by atoms with Gasteiger partial charge in [0, 0.05) is 47.4 Å². The van der Waals surface area contributed by atoms with Crippen molar-refractivity contribution in [2.24, 2.45) is 0 Å². The minimum Gasteiger partial charge on any atom is -0.870 e. The standard InChI is InChI=1S/C25H17ClN2O7S.C23H18ClNO5S.C21H14ClNO5S.C16H13NO5S.C4H5NO3.C2H6O.C2H2.Li.H2O/c26-17-5-3-4-15(12-17)14-27-19-13-16(25(32)35-28-22(29)10-11-23(28)30)8-9-21(19)36(33,34)20-7-2-1-6-18(20)24(27)31;1-2-30-23(27)16-10-11-21-19(13-16)25(14-15-6-5-7-17(24)12-15)22(26)18-8-3-4-9-20(18)31(21,28)29;22-15-5-3-4-13(10-15)12-23-17-11-14(21(25)26)8-9-19(17)29(27,28)18-7-2-1-6-16(18)20(23)24;1-2-22-16(19)10-7-8-14-12(9-10)17-15(18)11-5-3-4-6-13(11)23(14,20)21;6-3-1-2-4(7)5(3)8;1-2-3;1-2;;/h1-9,12-13H,10-11,14H2;3-13H,2,14H2,1H3;1-11H,12H2,(H,25,26);3-9H,2H2,1H3,(H,17,18);8H,1-2H2;3H,2H2,1H3;1-2H;;1H2/q;;;;;;;+1;/p-1/i;;;;;;1D;;. The van der Waals surface area contributed by atoms with Gasteiger partial charge >= 0.3 is 42.7 Å². The van der Waals surface area contributed by atoms with Crippen LogP contribution in [0.15, 0.2) is 282 Å². The molecule has 6 aliphatic heterocycles. The number of aliphatic hydroxyl groups excluding tert-OH is 1. The number of hydrogen-bond acceptors (Lipinski definition) is 26. The quantitative estimate of drug-likeness (QED) is 0.0274. The number of anilines is 4. The number of amides is 8. The van der Waals surface area contributed by atoms with Crippen molar-refractivity contribution >= 4 is 168 Å². The Labute approximate surface area is 795 Å². The Morgan fingerprint density at radius 2 is 0.694 bits per heavy atom. The fourth-order valence-electron chi connectivity index (χ4n) is 13.9. The van der Waals surface area contributed by atoms with Crippen molar-refractivity contribution in [2.45, 2.75) is 105 Å². The molecule has 8 amide bonds. The number of carbonyl (C=O) groups excluding carboxylic acids is 11. The molecule has 5 N–H and O–H groups in total. The van der Waals surface area contributed by atoms with Gasteiger partial charge in [0.25, 0.3) is 47.3 Å². The molecular formula is C93H76Cl3LiN6O27S4. The van der Waals surface area contributed by atoms with Gasteiger partial charge in [-0.25, -0.2) is 52.8 Å². The molecule has 686 valence electrons. The Bertz CT molecular complexity index is 7100. The summed E-state index contributed by atoms with van der Waals surface area (Å²) >= 11 is 18.3. The van der Waals surface area contributed by atoms with E-state index >= 15 is 0 Å². The molecule has 33 nitrogen and oxygen atoms in total. The van der Waals surface area contributed by atoms with Gasteiger partial charge in [-0.05, 0) is 195 Å². The number of aromatic carboxylic acids is 1. The number of carbonyl (C=O) groups is 12. The second kappa shape index (κ2) is 44.6. The molecular weight excluding hydrogens is 1870 g/mol. The van der Waals surface area contributed by atoms with E-state index < -0.39 is 110 Å². The number of esters is 2. The first-order chi connectivity index (χ1) is 63.3. The SMILES string of the molecule is CCO.CCOC(=O)c1ccc2c(c1)N(Cc1cccc(Cl)c1)C(=O)c1ccccc1S2(=O)=O.CCOC(=O)c1ccc2c(c1)NC(=O)c1ccccc1S2(=O)=O.O=C(O)c1ccc2c(c1)N(Cc1cccc(Cl)c1)C(=O)c1ccccc1S2(=O)=O.O=C(ON1C(=O)CCC1=O)c1ccc2c(c1)N(Cc1cccc(Cl)c1)C(=O)c1ccccc1S2(=O)=O.O=C1CCC(=O)N1O.[2H]C#C.[Li+].[OH-]. The van der Waals surface area contributed by atoms with Crippen LogP contribution in [0.3, 0.4) is 0 Å². The van der Waals surface area contributed by atoms with Crippen molar-refractivity contribution in [3.05, 3.63) is 319 Å². The topological polar surface area (TPSA) is 488 Å². The molecule has 6 heterocycles. The summed E-state index contributed by atoms with van der Waals surface area (Å²) in [4.78, 5) is 153. The van der Waals surface area contributed by atoms with E-state index in [1.807, 2.05) is 0 Å². The number of carboxylic acids is 1. The molecule has 0 radical (unpaired) electrons. The van der Waals surface area contributed by atoms with Crippen molar-refractivity contribution in [1.29, 1.82) is 0 Å². The maximum atomic E-state index is 13.6. The number of halogens is 3. The zero-order valence-electron chi connectivity index (χ0n) is 71.9. The number of hydrogen-bond donors (Lipinski definition) is 4. The Hall–Kier alpha value is -13.8. The van der Waals surface area contributed by atoms with E-state index in [1.165, 1.54) is 148 Å². The van der Waals surface area contributed by atoms with Crippen LogP contribution in [0.25, 0.3) is 0 Å². The molecule has 11 aromatic rings. The van der Waals surface area contributed by atoms with Gasteiger partial charge in [-0.3, -0.25) is 43.6 Å². The van der Waals surface area contributed by atoms with Crippen LogP contribution in [0.4, 0.5) is 22.7 Å². The van der Waals surface area contributed by atoms with E-state index in [2.05, 4.69) is 11.7 Å². The van der Waals surface area contributed by atoms with E-state index in [-0.39, 0.29) is 201 Å². The van der Waals surface area contributed by atoms with Gasteiger partial charge in [0.15, 0.2) is 0 Å². The number of sulfone groups is 4. The van der Waals surface area contributed by atoms with E-state index in [9.17, 15) is 96.3 Å². The fraction of sp³-hybridized carbons (Fsp3) is 0.140. The maximum absolute atomic E-state index is 13.6. The van der Waals surface area contributed by atoms with Gasteiger partial charge in [-0.15, -0.1) is 17.9 Å². The van der Waals surface area contributed by atoms with Gasteiger partial charge < -0.3 is 50.0 Å². The van der Waals surface area contributed by atoms with E-state index in [1.54, 1.807) is 136 Å². The molecule has 134 heavy (non-hydrogen) atoms. The van der Waals surface area contributed by atoms with Crippen LogP contribution in [0.2, 0.25) is 15.1 Å². The number of fused-ring (bicyclic) bond motifs is 8. The van der Waals surface area contributed by atoms with Crippen LogP contribution < -0.4 is 38.9 Å². The van der Waals surface area contributed by atoms with Crippen molar-refractivity contribution in [1.82, 2.24) is 10.1 Å². The third-order valence-electron chi connectivity index (χ3n) is 19.9. The number of aliphatic hydroxyl groups is 1. The molecule has 0 saturated carbocycles. The zero-order valence-corrected chi connectivity index (χ0v) is 76.5. The van der Waals surface area contributed by atoms with Crippen molar-refractivity contribution in [3.8, 4) is 12.8 Å². The van der Waals surface area contributed by atoms with Crippen LogP contribution in [0.1, 0.15) is 147 Å².